The number of aromatic nitrogens is 1. The van der Waals surface area contributed by atoms with Gasteiger partial charge in [0.25, 0.3) is 11.7 Å². The molecule has 5 nitrogen and oxygen atoms in total. The molecular weight excluding hydrogens is 383 g/mol. The van der Waals surface area contributed by atoms with E-state index in [0.29, 0.717) is 11.3 Å². The van der Waals surface area contributed by atoms with E-state index in [1.165, 1.54) is 29.2 Å². The molecule has 4 rings (SSSR count). The molecule has 2 aromatic carbocycles. The molecule has 1 unspecified atom stereocenters. The number of amides is 1. The number of ketones is 1. The van der Waals surface area contributed by atoms with Gasteiger partial charge in [-0.15, -0.1) is 0 Å². The van der Waals surface area contributed by atoms with Crippen LogP contribution in [-0.2, 0) is 9.59 Å². The predicted octanol–water partition coefficient (Wildman–Crippen LogP) is 4.46. The fourth-order valence-electron chi connectivity index (χ4n) is 3.80. The highest BCUT2D eigenvalue weighted by Crippen LogP contribution is 2.42. The standard InChI is InChI=1S/C24H19FN2O3/c1-14-10-15(2)12-19(11-14)27-21(17-4-3-9-26-13-17)20(23(29)24(27)30)22(28)16-5-7-18(25)8-6-16/h3-13,21,28H,1-2H3/b22-20+. The minimum atomic E-state index is -0.857. The molecule has 6 heteroatoms. The lowest BCUT2D eigenvalue weighted by Gasteiger charge is -2.25. The molecule has 150 valence electrons. The zero-order valence-electron chi connectivity index (χ0n) is 16.5. The molecule has 0 saturated carbocycles. The second-order valence-corrected chi connectivity index (χ2v) is 7.31. The average Bonchev–Trinajstić information content (AvgIpc) is 2.99. The first-order valence-electron chi connectivity index (χ1n) is 9.42. The molecule has 1 aromatic heterocycles. The first-order chi connectivity index (χ1) is 14.4. The van der Waals surface area contributed by atoms with E-state index in [2.05, 4.69) is 4.98 Å². The molecule has 2 heterocycles. The minimum Gasteiger partial charge on any atom is -0.507 e. The van der Waals surface area contributed by atoms with E-state index in [1.807, 2.05) is 32.0 Å². The number of nitrogens with zero attached hydrogens (tertiary/aromatic N) is 2. The number of anilines is 1. The number of halogens is 1. The predicted molar refractivity (Wildman–Crippen MR) is 111 cm³/mol. The van der Waals surface area contributed by atoms with Gasteiger partial charge in [0, 0.05) is 23.6 Å². The van der Waals surface area contributed by atoms with Crippen molar-refractivity contribution < 1.29 is 19.1 Å². The van der Waals surface area contributed by atoms with Gasteiger partial charge in [-0.05, 0) is 73.0 Å². The number of hydrogen-bond donors (Lipinski definition) is 1. The Bertz CT molecular complexity index is 1150. The van der Waals surface area contributed by atoms with E-state index in [1.54, 1.807) is 24.5 Å². The molecule has 1 amide bonds. The molecule has 3 aromatic rings. The molecule has 1 aliphatic heterocycles. The molecule has 1 saturated heterocycles. The Hall–Kier alpha value is -3.80. The largest absolute Gasteiger partial charge is 0.507 e. The van der Waals surface area contributed by atoms with E-state index < -0.39 is 23.5 Å². The highest BCUT2D eigenvalue weighted by molar-refractivity contribution is 6.51. The van der Waals surface area contributed by atoms with Gasteiger partial charge in [-0.2, -0.15) is 0 Å². The second-order valence-electron chi connectivity index (χ2n) is 7.31. The van der Waals surface area contributed by atoms with Crippen LogP contribution < -0.4 is 4.90 Å². The van der Waals surface area contributed by atoms with Crippen molar-refractivity contribution in [3.05, 3.63) is 101 Å². The molecule has 0 bridgehead atoms. The molecule has 1 N–H and O–H groups in total. The summed E-state index contributed by atoms with van der Waals surface area (Å²) in [6.07, 6.45) is 3.15. The molecule has 1 aliphatic rings. The van der Waals surface area contributed by atoms with Crippen molar-refractivity contribution in [3.8, 4) is 0 Å². The molecule has 0 aliphatic carbocycles. The molecule has 0 radical (unpaired) electrons. The first kappa shape index (κ1) is 19.5. The Kier molecular flexibility index (Phi) is 4.91. The summed E-state index contributed by atoms with van der Waals surface area (Å²) in [5, 5.41) is 10.9. The van der Waals surface area contributed by atoms with Crippen LogP contribution in [0.1, 0.15) is 28.3 Å². The van der Waals surface area contributed by atoms with Crippen molar-refractivity contribution in [1.29, 1.82) is 0 Å². The van der Waals surface area contributed by atoms with Crippen LogP contribution >= 0.6 is 0 Å². The summed E-state index contributed by atoms with van der Waals surface area (Å²) >= 11 is 0. The Balaban J connectivity index is 1.96. The molecular formula is C24H19FN2O3. The van der Waals surface area contributed by atoms with E-state index in [4.69, 9.17) is 0 Å². The van der Waals surface area contributed by atoms with Crippen LogP contribution in [0.25, 0.3) is 5.76 Å². The van der Waals surface area contributed by atoms with E-state index >= 15 is 0 Å². The minimum absolute atomic E-state index is 0.0567. The number of Topliss-reactive ketones (excluding diaryl/α,β-unsaturated/α-hetero) is 1. The fraction of sp³-hybridized carbons (Fsp3) is 0.125. The van der Waals surface area contributed by atoms with Crippen LogP contribution in [0, 0.1) is 19.7 Å². The van der Waals surface area contributed by atoms with Gasteiger partial charge in [-0.25, -0.2) is 4.39 Å². The smallest absolute Gasteiger partial charge is 0.300 e. The van der Waals surface area contributed by atoms with Gasteiger partial charge in [-0.1, -0.05) is 12.1 Å². The van der Waals surface area contributed by atoms with Gasteiger partial charge in [-0.3, -0.25) is 19.5 Å². The van der Waals surface area contributed by atoms with Crippen molar-refractivity contribution in [2.24, 2.45) is 0 Å². The Morgan fingerprint density at radius 1 is 1.03 bits per heavy atom. The second kappa shape index (κ2) is 7.55. The fourth-order valence-corrected chi connectivity index (χ4v) is 3.80. The third-order valence-corrected chi connectivity index (χ3v) is 5.05. The van der Waals surface area contributed by atoms with Crippen molar-refractivity contribution in [1.82, 2.24) is 4.98 Å². The maximum Gasteiger partial charge on any atom is 0.300 e. The third-order valence-electron chi connectivity index (χ3n) is 5.05. The molecule has 1 fully saturated rings. The highest BCUT2D eigenvalue weighted by Gasteiger charge is 2.47. The number of aliphatic hydroxyl groups is 1. The summed E-state index contributed by atoms with van der Waals surface area (Å²) in [7, 11) is 0. The van der Waals surface area contributed by atoms with Crippen LogP contribution in [0.2, 0.25) is 0 Å². The summed E-state index contributed by atoms with van der Waals surface area (Å²) in [5.74, 6) is -2.36. The van der Waals surface area contributed by atoms with Crippen molar-refractivity contribution in [2.45, 2.75) is 19.9 Å². The summed E-state index contributed by atoms with van der Waals surface area (Å²) in [5.41, 5.74) is 3.22. The molecule has 0 spiro atoms. The lowest BCUT2D eigenvalue weighted by molar-refractivity contribution is -0.132. The number of hydrogen-bond acceptors (Lipinski definition) is 4. The van der Waals surface area contributed by atoms with E-state index in [-0.39, 0.29) is 16.9 Å². The number of carbonyl (C=O) groups is 2. The number of aliphatic hydroxyl groups excluding tert-OH is 1. The van der Waals surface area contributed by atoms with Gasteiger partial charge in [0.2, 0.25) is 0 Å². The maximum absolute atomic E-state index is 13.3. The third kappa shape index (κ3) is 3.37. The van der Waals surface area contributed by atoms with Gasteiger partial charge in [0.1, 0.15) is 11.6 Å². The van der Waals surface area contributed by atoms with Gasteiger partial charge < -0.3 is 5.11 Å². The zero-order chi connectivity index (χ0) is 21.4. The van der Waals surface area contributed by atoms with E-state index in [0.717, 1.165) is 11.1 Å². The highest BCUT2D eigenvalue weighted by atomic mass is 19.1. The van der Waals surface area contributed by atoms with E-state index in [9.17, 15) is 19.1 Å². The van der Waals surface area contributed by atoms with Crippen LogP contribution in [0.4, 0.5) is 10.1 Å². The number of aryl methyl sites for hydroxylation is 2. The van der Waals surface area contributed by atoms with Crippen LogP contribution in [0.15, 0.2) is 72.6 Å². The van der Waals surface area contributed by atoms with Crippen molar-refractivity contribution in [2.75, 3.05) is 4.90 Å². The number of rotatable bonds is 3. The first-order valence-corrected chi connectivity index (χ1v) is 9.42. The summed E-state index contributed by atoms with van der Waals surface area (Å²) in [4.78, 5) is 31.6. The maximum atomic E-state index is 13.3. The molecule has 1 atom stereocenters. The van der Waals surface area contributed by atoms with Crippen molar-refractivity contribution >= 4 is 23.1 Å². The number of benzene rings is 2. The van der Waals surface area contributed by atoms with Gasteiger partial charge >= 0.3 is 0 Å². The Labute approximate surface area is 173 Å². The quantitative estimate of drug-likeness (QED) is 0.399. The monoisotopic (exact) mass is 402 g/mol. The summed E-state index contributed by atoms with van der Waals surface area (Å²) in [6.45, 7) is 3.81. The number of carbonyl (C=O) groups excluding carboxylic acids is 2. The Morgan fingerprint density at radius 2 is 1.70 bits per heavy atom. The summed E-state index contributed by atoms with van der Waals surface area (Å²) < 4.78 is 13.3. The van der Waals surface area contributed by atoms with Crippen LogP contribution in [-0.4, -0.2) is 21.8 Å². The van der Waals surface area contributed by atoms with Gasteiger partial charge in [0.15, 0.2) is 0 Å². The molecule has 30 heavy (non-hydrogen) atoms. The zero-order valence-corrected chi connectivity index (χ0v) is 16.5. The van der Waals surface area contributed by atoms with Crippen LogP contribution in [0.5, 0.6) is 0 Å². The normalized spacial score (nSPS) is 18.1. The average molecular weight is 402 g/mol. The number of pyridine rings is 1. The Morgan fingerprint density at radius 3 is 2.30 bits per heavy atom. The topological polar surface area (TPSA) is 70.5 Å². The lowest BCUT2D eigenvalue weighted by Crippen LogP contribution is -2.29. The SMILES string of the molecule is Cc1cc(C)cc(N2C(=O)C(=O)/C(=C(/O)c3ccc(F)cc3)C2c2cccnc2)c1. The van der Waals surface area contributed by atoms with Gasteiger partial charge in [0.05, 0.1) is 11.6 Å². The summed E-state index contributed by atoms with van der Waals surface area (Å²) in [6, 6.07) is 13.3. The lowest BCUT2D eigenvalue weighted by atomic mass is 9.96. The van der Waals surface area contributed by atoms with Crippen molar-refractivity contribution in [3.63, 3.8) is 0 Å². The van der Waals surface area contributed by atoms with Crippen LogP contribution in [0.3, 0.4) is 0 Å².